The first kappa shape index (κ1) is 22.5. The van der Waals surface area contributed by atoms with E-state index in [0.717, 1.165) is 0 Å². The van der Waals surface area contributed by atoms with Gasteiger partial charge in [0.25, 0.3) is 0 Å². The molecule has 0 aromatic rings. The zero-order chi connectivity index (χ0) is 19.6. The molecule has 0 spiro atoms. The van der Waals surface area contributed by atoms with E-state index in [2.05, 4.69) is 0 Å². The third kappa shape index (κ3) is 2.53. The molecule has 0 aromatic heterocycles. The van der Waals surface area contributed by atoms with Crippen molar-refractivity contribution >= 4 is 5.97 Å². The van der Waals surface area contributed by atoms with Gasteiger partial charge in [-0.15, -0.1) is 24.7 Å². The summed E-state index contributed by atoms with van der Waals surface area (Å²) in [5, 5.41) is 8.04. The average molecular weight is 394 g/mol. The third-order valence-corrected chi connectivity index (χ3v) is 2.41. The van der Waals surface area contributed by atoms with Crippen LogP contribution in [0.4, 0.5) is 49.0 Å². The van der Waals surface area contributed by atoms with E-state index in [4.69, 9.17) is 5.11 Å². The van der Waals surface area contributed by atoms with Crippen LogP contribution < -0.4 is 0 Å². The molecule has 0 saturated carbocycles. The Morgan fingerprint density at radius 1 is 0.625 bits per heavy atom. The SMILES string of the molecule is O=C(O)C(F)(OF)C(F)(OF)C(F)(OF)C(F)(OF)C(F)(F)OF. The lowest BCUT2D eigenvalue weighted by Gasteiger charge is -2.41. The second-order valence-electron chi connectivity index (χ2n) is 3.59. The van der Waals surface area contributed by atoms with Crippen molar-refractivity contribution in [2.24, 2.45) is 0 Å². The van der Waals surface area contributed by atoms with Crippen LogP contribution in [0.25, 0.3) is 0 Å². The van der Waals surface area contributed by atoms with E-state index in [1.807, 2.05) is 0 Å². The summed E-state index contributed by atoms with van der Waals surface area (Å²) < 4.78 is 139. The molecule has 0 amide bonds. The van der Waals surface area contributed by atoms with Crippen molar-refractivity contribution in [1.29, 1.82) is 0 Å². The Morgan fingerprint density at radius 2 is 1.00 bits per heavy atom. The van der Waals surface area contributed by atoms with E-state index in [0.29, 0.717) is 0 Å². The maximum absolute atomic E-state index is 13.8. The van der Waals surface area contributed by atoms with Crippen LogP contribution in [0.5, 0.6) is 0 Å². The third-order valence-electron chi connectivity index (χ3n) is 2.41. The first-order chi connectivity index (χ1) is 10.7. The summed E-state index contributed by atoms with van der Waals surface area (Å²) in [7, 11) is 0. The minimum absolute atomic E-state index is 1.28. The summed E-state index contributed by atoms with van der Waals surface area (Å²) in [6, 6.07) is 0. The lowest BCUT2D eigenvalue weighted by Crippen LogP contribution is -2.76. The summed E-state index contributed by atoms with van der Waals surface area (Å²) in [4.78, 5) is 17.3. The quantitative estimate of drug-likeness (QED) is 0.571. The van der Waals surface area contributed by atoms with Crippen LogP contribution >= 0.6 is 0 Å². The number of carboxylic acids is 1. The standard InChI is InChI=1S/C6HF11O7/c7-2(20-13,1(18)19)3(8,21-14)4(9,22-15)5(10,23-16)6(11,12)24-17/h(H,18,19). The van der Waals surface area contributed by atoms with Crippen molar-refractivity contribution in [2.75, 3.05) is 0 Å². The summed E-state index contributed by atoms with van der Waals surface area (Å²) in [5.74, 6) is -31.4. The number of hydrogen-bond acceptors (Lipinski definition) is 6. The van der Waals surface area contributed by atoms with Crippen molar-refractivity contribution in [3.05, 3.63) is 0 Å². The van der Waals surface area contributed by atoms with Crippen LogP contribution in [0, 0.1) is 0 Å². The van der Waals surface area contributed by atoms with Gasteiger partial charge in [0.1, 0.15) is 0 Å². The highest BCUT2D eigenvalue weighted by molar-refractivity contribution is 5.77. The first-order valence-electron chi connectivity index (χ1n) is 4.60. The van der Waals surface area contributed by atoms with Gasteiger partial charge >= 0.3 is 35.5 Å². The van der Waals surface area contributed by atoms with Gasteiger partial charge in [0.2, 0.25) is 0 Å². The fraction of sp³-hybridized carbons (Fsp3) is 0.833. The van der Waals surface area contributed by atoms with E-state index in [-0.39, 0.29) is 0 Å². The predicted octanol–water partition coefficient (Wildman–Crippen LogP) is 2.83. The Morgan fingerprint density at radius 3 is 1.21 bits per heavy atom. The van der Waals surface area contributed by atoms with E-state index < -0.39 is 35.5 Å². The lowest BCUT2D eigenvalue weighted by molar-refractivity contribution is -0.594. The van der Waals surface area contributed by atoms with Crippen LogP contribution in [0.2, 0.25) is 0 Å². The van der Waals surface area contributed by atoms with Gasteiger partial charge in [-0.25, -0.2) is 4.79 Å². The molecule has 1 N–H and O–H groups in total. The van der Waals surface area contributed by atoms with E-state index in [1.54, 1.807) is 4.94 Å². The average Bonchev–Trinajstić information content (AvgIpc) is 2.57. The highest BCUT2D eigenvalue weighted by Crippen LogP contribution is 2.57. The molecule has 0 aliphatic heterocycles. The number of rotatable bonds is 10. The topological polar surface area (TPSA) is 83.5 Å². The van der Waals surface area contributed by atoms with E-state index in [9.17, 15) is 53.8 Å². The first-order valence-corrected chi connectivity index (χ1v) is 4.60. The summed E-state index contributed by atoms with van der Waals surface area (Å²) in [6.45, 7) is 0. The summed E-state index contributed by atoms with van der Waals surface area (Å²) >= 11 is 0. The molecule has 0 fully saturated rings. The minimum Gasteiger partial charge on any atom is -0.477 e. The molecular weight excluding hydrogens is 393 g/mol. The molecule has 18 heteroatoms. The van der Waals surface area contributed by atoms with Crippen LogP contribution in [-0.4, -0.2) is 40.6 Å². The fourth-order valence-electron chi connectivity index (χ4n) is 1.16. The van der Waals surface area contributed by atoms with Gasteiger partial charge in [0.05, 0.1) is 0 Å². The Bertz CT molecular complexity index is 468. The number of hydrogen-bond donors (Lipinski definition) is 1. The van der Waals surface area contributed by atoms with Crippen LogP contribution in [-0.2, 0) is 29.5 Å². The Labute approximate surface area is 120 Å². The van der Waals surface area contributed by atoms with Gasteiger partial charge in [0, 0.05) is 0 Å². The number of halogens is 11. The van der Waals surface area contributed by atoms with Crippen molar-refractivity contribution < 1.29 is 83.6 Å². The van der Waals surface area contributed by atoms with Gasteiger partial charge in [0.15, 0.2) is 0 Å². The van der Waals surface area contributed by atoms with E-state index in [1.165, 1.54) is 19.8 Å². The Kier molecular flexibility index (Phi) is 6.36. The zero-order valence-corrected chi connectivity index (χ0v) is 10.1. The van der Waals surface area contributed by atoms with Crippen molar-refractivity contribution in [3.63, 3.8) is 0 Å². The van der Waals surface area contributed by atoms with Gasteiger partial charge in [-0.2, -0.15) is 26.3 Å². The molecule has 0 aliphatic rings. The molecule has 0 aromatic carbocycles. The van der Waals surface area contributed by atoms with Gasteiger partial charge in [-0.3, -0.25) is 0 Å². The smallest absolute Gasteiger partial charge is 0.454 e. The second-order valence-corrected chi connectivity index (χ2v) is 3.59. The van der Waals surface area contributed by atoms with Gasteiger partial charge in [-0.1, -0.05) is 0 Å². The summed E-state index contributed by atoms with van der Waals surface area (Å²) in [5.41, 5.74) is 0. The van der Waals surface area contributed by atoms with Crippen LogP contribution in [0.3, 0.4) is 0 Å². The molecule has 0 rings (SSSR count). The molecule has 0 heterocycles. The zero-order valence-electron chi connectivity index (χ0n) is 10.1. The molecule has 0 saturated heterocycles. The Balaban J connectivity index is 6.79. The molecule has 4 atom stereocenters. The molecule has 24 heavy (non-hydrogen) atoms. The van der Waals surface area contributed by atoms with Gasteiger partial charge < -0.3 is 5.11 Å². The second kappa shape index (κ2) is 6.78. The molecule has 0 radical (unpaired) electrons. The normalized spacial score (nSPS) is 22.8. The maximum atomic E-state index is 13.8. The number of carbonyl (C=O) groups is 1. The number of alkyl halides is 6. The van der Waals surface area contributed by atoms with Crippen molar-refractivity contribution in [1.82, 2.24) is 0 Å². The van der Waals surface area contributed by atoms with E-state index >= 15 is 0 Å². The molecular formula is C6HF11O7. The molecule has 0 aliphatic carbocycles. The number of carboxylic acid groups (broad SMARTS) is 1. The monoisotopic (exact) mass is 394 g/mol. The lowest BCUT2D eigenvalue weighted by atomic mass is 9.93. The Hall–Kier alpha value is -1.50. The highest BCUT2D eigenvalue weighted by Gasteiger charge is 2.92. The highest BCUT2D eigenvalue weighted by atomic mass is 19.4. The number of aliphatic carboxylic acids is 1. The minimum atomic E-state index is -7.13. The maximum Gasteiger partial charge on any atom is 0.454 e. The fourth-order valence-corrected chi connectivity index (χ4v) is 1.16. The van der Waals surface area contributed by atoms with Crippen molar-refractivity contribution in [2.45, 2.75) is 29.5 Å². The largest absolute Gasteiger partial charge is 0.477 e. The van der Waals surface area contributed by atoms with Gasteiger partial charge in [-0.05, 0) is 22.6 Å². The molecule has 4 unspecified atom stereocenters. The molecule has 144 valence electrons. The van der Waals surface area contributed by atoms with Crippen molar-refractivity contribution in [3.8, 4) is 0 Å². The van der Waals surface area contributed by atoms with Crippen LogP contribution in [0.1, 0.15) is 0 Å². The van der Waals surface area contributed by atoms with Crippen LogP contribution in [0.15, 0.2) is 0 Å². The molecule has 7 nitrogen and oxygen atoms in total. The molecule has 0 bridgehead atoms. The summed E-state index contributed by atoms with van der Waals surface area (Å²) in [6.07, 6.45) is -6.85. The predicted molar refractivity (Wildman–Crippen MR) is 38.9 cm³/mol.